The van der Waals surface area contributed by atoms with Gasteiger partial charge in [-0.05, 0) is 95.7 Å². The zero-order valence-electron chi connectivity index (χ0n) is 34.2. The summed E-state index contributed by atoms with van der Waals surface area (Å²) in [5.74, 6) is -6.89. The number of carboxylic acids is 2. The molecule has 2 aromatic carbocycles. The number of carbonyl (C=O) groups excluding carboxylic acids is 1. The average Bonchev–Trinajstić information content (AvgIpc) is 3.47. The van der Waals surface area contributed by atoms with Crippen LogP contribution in [0, 0.1) is 12.8 Å². The fourth-order valence-electron chi connectivity index (χ4n) is 8.23. The maximum absolute atomic E-state index is 12.6. The smallest absolute Gasteiger partial charge is 0.315 e. The molecule has 0 spiro atoms. The van der Waals surface area contributed by atoms with Crippen LogP contribution in [-0.4, -0.2) is 102 Å². The number of carbonyl (C=O) groups is 3. The maximum Gasteiger partial charge on any atom is 0.315 e. The van der Waals surface area contributed by atoms with Gasteiger partial charge < -0.3 is 15.1 Å². The highest BCUT2D eigenvalue weighted by atomic mass is 32.2. The standard InChI is InChI=1S/C41H54N2O14S3/c1-28-17-19-33-31(25-28)40(2,3)36(42(33)22-10-6-7-13-35(44)30(39(47)48)27-59(52,53)54)14-11-15-37-41(4,21-9-5-8-16-38(45)46)32-26-29(60(55,56)57)18-20-34(32)43(37)23-12-24-58(49,50)51/h11,14-15,17-20,25-26,30H,5-10,12-13,16,21-24,27H2,1-4H3,(H4-,45,46,47,48,49,50,51,52,53,54,55,56,57)/p+1. The van der Waals surface area contributed by atoms with Crippen molar-refractivity contribution in [3.63, 3.8) is 0 Å². The summed E-state index contributed by atoms with van der Waals surface area (Å²) < 4.78 is 101. The van der Waals surface area contributed by atoms with E-state index in [9.17, 15) is 59.0 Å². The largest absolute Gasteiger partial charge is 0.481 e. The lowest BCUT2D eigenvalue weighted by atomic mass is 9.77. The van der Waals surface area contributed by atoms with Gasteiger partial charge in [-0.1, -0.05) is 30.5 Å². The molecule has 0 radical (unpaired) electrons. The molecule has 16 nitrogen and oxygen atoms in total. The normalized spacial score (nSPS) is 18.9. The first-order valence-corrected chi connectivity index (χ1v) is 24.3. The van der Waals surface area contributed by atoms with E-state index in [1.807, 2.05) is 49.1 Å². The molecule has 5 N–H and O–H groups in total. The lowest BCUT2D eigenvalue weighted by Crippen LogP contribution is -2.30. The number of aliphatic carboxylic acids is 2. The van der Waals surface area contributed by atoms with Crippen molar-refractivity contribution >= 4 is 65.2 Å². The Morgan fingerprint density at radius 3 is 2.08 bits per heavy atom. The highest BCUT2D eigenvalue weighted by Crippen LogP contribution is 2.51. The van der Waals surface area contributed by atoms with Crippen molar-refractivity contribution in [1.82, 2.24) is 0 Å². The van der Waals surface area contributed by atoms with E-state index >= 15 is 0 Å². The maximum atomic E-state index is 12.6. The first-order chi connectivity index (χ1) is 27.8. The van der Waals surface area contributed by atoms with E-state index in [2.05, 4.69) is 24.5 Å². The summed E-state index contributed by atoms with van der Waals surface area (Å²) in [5, 5.41) is 18.5. The van der Waals surface area contributed by atoms with Gasteiger partial charge in [0, 0.05) is 60.3 Å². The van der Waals surface area contributed by atoms with E-state index in [-0.39, 0.29) is 30.7 Å². The SMILES string of the molecule is Cc1ccc2c(c1)C(C)(C)C(C=CC=C1N(CCCS(=O)(=O)O)c3ccc(S(=O)(=O)O)cc3C1(C)CCCCCC(=O)O)=[N+]2CCCCCC(=O)C(CS(=O)(=O)O)C(=O)O. The molecule has 2 aromatic rings. The Bertz CT molecular complexity index is 2420. The van der Waals surface area contributed by atoms with Crippen molar-refractivity contribution in [3.05, 3.63) is 77.0 Å². The zero-order valence-corrected chi connectivity index (χ0v) is 36.7. The van der Waals surface area contributed by atoms with Crippen molar-refractivity contribution in [2.24, 2.45) is 5.92 Å². The van der Waals surface area contributed by atoms with Gasteiger partial charge in [0.15, 0.2) is 5.71 Å². The molecular formula is C41H55N2O14S3+. The fraction of sp³-hybridized carbons (Fsp3) is 0.512. The number of hydrogen-bond acceptors (Lipinski definition) is 10. The molecule has 60 heavy (non-hydrogen) atoms. The van der Waals surface area contributed by atoms with Crippen LogP contribution in [0.4, 0.5) is 11.4 Å². The topological polar surface area (TPSA) is 261 Å². The van der Waals surface area contributed by atoms with Gasteiger partial charge in [0.05, 0.1) is 21.8 Å². The van der Waals surface area contributed by atoms with Gasteiger partial charge in [0.2, 0.25) is 5.69 Å². The number of nitrogens with zero attached hydrogens (tertiary/aromatic N) is 2. The van der Waals surface area contributed by atoms with Crippen molar-refractivity contribution in [2.45, 2.75) is 108 Å². The summed E-state index contributed by atoms with van der Waals surface area (Å²) >= 11 is 0. The minimum absolute atomic E-state index is 0.0133. The molecular weight excluding hydrogens is 841 g/mol. The van der Waals surface area contributed by atoms with Gasteiger partial charge in [0.25, 0.3) is 30.4 Å². The summed E-state index contributed by atoms with van der Waals surface area (Å²) in [7, 11) is -13.6. The Balaban J connectivity index is 1.73. The third-order valence-corrected chi connectivity index (χ3v) is 13.7. The third-order valence-electron chi connectivity index (χ3n) is 11.3. The van der Waals surface area contributed by atoms with Crippen molar-refractivity contribution in [2.75, 3.05) is 29.5 Å². The number of aryl methyl sites for hydroxylation is 1. The van der Waals surface area contributed by atoms with Crippen LogP contribution in [-0.2, 0) is 55.6 Å². The fourth-order valence-corrected chi connectivity index (χ4v) is 9.98. The van der Waals surface area contributed by atoms with Crippen molar-refractivity contribution in [3.8, 4) is 0 Å². The number of ketones is 1. The van der Waals surface area contributed by atoms with E-state index < -0.39 is 76.3 Å². The summed E-state index contributed by atoms with van der Waals surface area (Å²) in [6, 6.07) is 10.4. The van der Waals surface area contributed by atoms with E-state index in [0.29, 0.717) is 68.4 Å². The van der Waals surface area contributed by atoms with Crippen LogP contribution in [0.1, 0.15) is 102 Å². The highest BCUT2D eigenvalue weighted by molar-refractivity contribution is 7.86. The molecule has 0 amide bonds. The van der Waals surface area contributed by atoms with Crippen LogP contribution in [0.3, 0.4) is 0 Å². The van der Waals surface area contributed by atoms with Gasteiger partial charge in [-0.15, -0.1) is 0 Å². The van der Waals surface area contributed by atoms with Crippen LogP contribution in [0.15, 0.2) is 65.2 Å². The van der Waals surface area contributed by atoms with Gasteiger partial charge in [0.1, 0.15) is 18.2 Å². The second-order valence-corrected chi connectivity index (χ2v) is 20.7. The summed E-state index contributed by atoms with van der Waals surface area (Å²) in [6.07, 6.45) is 8.96. The first kappa shape index (κ1) is 48.4. The minimum atomic E-state index is -4.68. The number of rotatable bonds is 23. The third kappa shape index (κ3) is 12.2. The number of unbranched alkanes of at least 4 members (excludes halogenated alkanes) is 4. The van der Waals surface area contributed by atoms with Gasteiger partial charge in [-0.25, -0.2) is 0 Å². The lowest BCUT2D eigenvalue weighted by molar-refractivity contribution is -0.438. The Kier molecular flexibility index (Phi) is 15.5. The summed E-state index contributed by atoms with van der Waals surface area (Å²) in [6.45, 7) is 8.73. The van der Waals surface area contributed by atoms with Gasteiger partial charge >= 0.3 is 11.9 Å². The van der Waals surface area contributed by atoms with E-state index in [1.165, 1.54) is 12.1 Å². The van der Waals surface area contributed by atoms with E-state index in [0.717, 1.165) is 22.5 Å². The predicted octanol–water partition coefficient (Wildman–Crippen LogP) is 5.87. The zero-order chi connectivity index (χ0) is 44.8. The van der Waals surface area contributed by atoms with E-state index in [4.69, 9.17) is 4.55 Å². The number of hydrogen-bond donors (Lipinski definition) is 5. The molecule has 2 aliphatic rings. The molecule has 19 heteroatoms. The lowest BCUT2D eigenvalue weighted by Gasteiger charge is -2.30. The van der Waals surface area contributed by atoms with Crippen molar-refractivity contribution in [1.29, 1.82) is 0 Å². The average molecular weight is 896 g/mol. The second kappa shape index (κ2) is 19.2. The quantitative estimate of drug-likeness (QED) is 0.0378. The molecule has 0 aromatic heterocycles. The molecule has 330 valence electrons. The number of benzene rings is 2. The van der Waals surface area contributed by atoms with Gasteiger partial charge in [-0.2, -0.15) is 29.8 Å². The molecule has 2 atom stereocenters. The van der Waals surface area contributed by atoms with Crippen LogP contribution in [0.5, 0.6) is 0 Å². The molecule has 2 unspecified atom stereocenters. The second-order valence-electron chi connectivity index (χ2n) is 16.2. The molecule has 0 aliphatic carbocycles. The Morgan fingerprint density at radius 1 is 0.800 bits per heavy atom. The monoisotopic (exact) mass is 895 g/mol. The number of anilines is 1. The Morgan fingerprint density at radius 2 is 1.47 bits per heavy atom. The first-order valence-electron chi connectivity index (χ1n) is 19.7. The molecule has 2 aliphatic heterocycles. The van der Waals surface area contributed by atoms with Crippen LogP contribution in [0.2, 0.25) is 0 Å². The highest BCUT2D eigenvalue weighted by Gasteiger charge is 2.45. The molecule has 4 rings (SSSR count). The van der Waals surface area contributed by atoms with Gasteiger partial charge in [-0.3, -0.25) is 28.0 Å². The van der Waals surface area contributed by atoms with Crippen molar-refractivity contribution < 1.29 is 68.1 Å². The van der Waals surface area contributed by atoms with Crippen LogP contribution in [0.25, 0.3) is 0 Å². The minimum Gasteiger partial charge on any atom is -0.481 e. The summed E-state index contributed by atoms with van der Waals surface area (Å²) in [4.78, 5) is 36.9. The number of carboxylic acid groups (broad SMARTS) is 2. The van der Waals surface area contributed by atoms with Crippen LogP contribution >= 0.6 is 0 Å². The predicted molar refractivity (Wildman–Crippen MR) is 225 cm³/mol. The number of fused-ring (bicyclic) bond motifs is 2. The Labute approximate surface area is 352 Å². The molecule has 0 bridgehead atoms. The molecule has 0 fully saturated rings. The Hall–Kier alpha value is -4.27. The van der Waals surface area contributed by atoms with Crippen LogP contribution < -0.4 is 4.90 Å². The molecule has 0 saturated heterocycles. The number of allylic oxidation sites excluding steroid dienone is 4. The number of Topliss-reactive ketones (excluding diaryl/α,β-unsaturated/α-hetero) is 1. The van der Waals surface area contributed by atoms with E-state index in [1.54, 1.807) is 6.07 Å². The molecule has 2 heterocycles. The summed E-state index contributed by atoms with van der Waals surface area (Å²) in [5.41, 5.74) is 4.51. The molecule has 0 saturated carbocycles.